The molecular weight excluding hydrogens is 280 g/mol. The lowest BCUT2D eigenvalue weighted by molar-refractivity contribution is 0.0507. The molecule has 0 saturated heterocycles. The lowest BCUT2D eigenvalue weighted by Crippen LogP contribution is -2.23. The van der Waals surface area contributed by atoms with Gasteiger partial charge in [-0.25, -0.2) is 4.79 Å². The van der Waals surface area contributed by atoms with Crippen molar-refractivity contribution in [1.82, 2.24) is 0 Å². The van der Waals surface area contributed by atoms with E-state index < -0.39 is 0 Å². The van der Waals surface area contributed by atoms with Gasteiger partial charge in [0.2, 0.25) is 0 Å². The Bertz CT molecular complexity index is 551. The van der Waals surface area contributed by atoms with E-state index in [4.69, 9.17) is 4.74 Å². The number of carbonyl (C=O) groups is 1. The number of aliphatic hydroxyl groups is 2. The van der Waals surface area contributed by atoms with Gasteiger partial charge in [-0.05, 0) is 36.8 Å². The SMILES string of the molecule is O=C(OCCC1=C[C@@H]2C[C@H](O)[C@H](CO)[C@@H]2C1)c1ccccc1. The molecule has 1 saturated carbocycles. The van der Waals surface area contributed by atoms with Crippen molar-refractivity contribution in [3.63, 3.8) is 0 Å². The maximum atomic E-state index is 11.8. The summed E-state index contributed by atoms with van der Waals surface area (Å²) in [6.45, 7) is 0.428. The number of aliphatic hydroxyl groups excluding tert-OH is 2. The van der Waals surface area contributed by atoms with Gasteiger partial charge in [0.15, 0.2) is 0 Å². The molecule has 0 bridgehead atoms. The fourth-order valence-electron chi connectivity index (χ4n) is 3.77. The molecule has 0 aromatic heterocycles. The molecule has 3 rings (SSSR count). The van der Waals surface area contributed by atoms with Gasteiger partial charge in [0.1, 0.15) is 0 Å². The summed E-state index contributed by atoms with van der Waals surface area (Å²) >= 11 is 0. The number of fused-ring (bicyclic) bond motifs is 1. The van der Waals surface area contributed by atoms with Crippen LogP contribution >= 0.6 is 0 Å². The van der Waals surface area contributed by atoms with Gasteiger partial charge in [0.25, 0.3) is 0 Å². The van der Waals surface area contributed by atoms with Gasteiger partial charge in [-0.1, -0.05) is 29.8 Å². The molecule has 2 aliphatic carbocycles. The van der Waals surface area contributed by atoms with E-state index in [9.17, 15) is 15.0 Å². The Hall–Kier alpha value is -1.65. The standard InChI is InChI=1S/C18H22O4/c19-11-16-15-9-12(8-14(15)10-17(16)20)6-7-22-18(21)13-4-2-1-3-5-13/h1-5,8,14-17,19-20H,6-7,9-11H2/t14-,15-,16-,17+/m1/s1. The highest BCUT2D eigenvalue weighted by Gasteiger charge is 2.43. The second kappa shape index (κ2) is 6.63. The van der Waals surface area contributed by atoms with Gasteiger partial charge < -0.3 is 14.9 Å². The average Bonchev–Trinajstić information content (AvgIpc) is 3.03. The van der Waals surface area contributed by atoms with E-state index in [0.717, 1.165) is 19.3 Å². The van der Waals surface area contributed by atoms with E-state index in [1.807, 2.05) is 18.2 Å². The van der Waals surface area contributed by atoms with Crippen LogP contribution in [0.4, 0.5) is 0 Å². The quantitative estimate of drug-likeness (QED) is 0.646. The largest absolute Gasteiger partial charge is 0.462 e. The summed E-state index contributed by atoms with van der Waals surface area (Å²) in [6.07, 6.45) is 4.20. The molecule has 0 amide bonds. The van der Waals surface area contributed by atoms with Crippen LogP contribution in [0.25, 0.3) is 0 Å². The Morgan fingerprint density at radius 3 is 2.77 bits per heavy atom. The van der Waals surface area contributed by atoms with Crippen molar-refractivity contribution >= 4 is 5.97 Å². The molecule has 0 radical (unpaired) electrons. The lowest BCUT2D eigenvalue weighted by Gasteiger charge is -2.18. The van der Waals surface area contributed by atoms with E-state index in [-0.39, 0.29) is 24.6 Å². The average molecular weight is 302 g/mol. The van der Waals surface area contributed by atoms with Crippen LogP contribution in [0.5, 0.6) is 0 Å². The smallest absolute Gasteiger partial charge is 0.338 e. The van der Waals surface area contributed by atoms with Crippen LogP contribution in [0.2, 0.25) is 0 Å². The van der Waals surface area contributed by atoms with E-state index in [1.54, 1.807) is 12.1 Å². The number of allylic oxidation sites excluding steroid dienone is 1. The Morgan fingerprint density at radius 1 is 1.27 bits per heavy atom. The predicted molar refractivity (Wildman–Crippen MR) is 82.2 cm³/mol. The maximum Gasteiger partial charge on any atom is 0.338 e. The fourth-order valence-corrected chi connectivity index (χ4v) is 3.77. The molecule has 0 unspecified atom stereocenters. The van der Waals surface area contributed by atoms with Crippen LogP contribution in [0.1, 0.15) is 29.6 Å². The van der Waals surface area contributed by atoms with Crippen molar-refractivity contribution in [2.45, 2.75) is 25.4 Å². The summed E-state index contributed by atoms with van der Waals surface area (Å²) < 4.78 is 5.31. The number of ether oxygens (including phenoxy) is 1. The van der Waals surface area contributed by atoms with Crippen LogP contribution in [0.3, 0.4) is 0 Å². The van der Waals surface area contributed by atoms with Crippen LogP contribution in [-0.2, 0) is 4.74 Å². The Balaban J connectivity index is 1.48. The van der Waals surface area contributed by atoms with Crippen LogP contribution in [0.15, 0.2) is 42.0 Å². The first-order valence-corrected chi connectivity index (χ1v) is 7.89. The minimum Gasteiger partial charge on any atom is -0.462 e. The zero-order valence-corrected chi connectivity index (χ0v) is 12.5. The monoisotopic (exact) mass is 302 g/mol. The summed E-state index contributed by atoms with van der Waals surface area (Å²) in [5.74, 6) is 0.417. The molecule has 22 heavy (non-hydrogen) atoms. The van der Waals surface area contributed by atoms with Crippen molar-refractivity contribution in [2.24, 2.45) is 17.8 Å². The molecule has 118 valence electrons. The van der Waals surface area contributed by atoms with Gasteiger partial charge in [0.05, 0.1) is 18.3 Å². The second-order valence-electron chi connectivity index (χ2n) is 6.26. The Kier molecular flexibility index (Phi) is 4.60. The molecule has 4 heteroatoms. The third-order valence-corrected chi connectivity index (χ3v) is 4.93. The topological polar surface area (TPSA) is 66.8 Å². The highest BCUT2D eigenvalue weighted by Crippen LogP contribution is 2.47. The molecule has 0 heterocycles. The van der Waals surface area contributed by atoms with Gasteiger partial charge in [-0.15, -0.1) is 0 Å². The zero-order chi connectivity index (χ0) is 15.5. The fraction of sp³-hybridized carbons (Fsp3) is 0.500. The van der Waals surface area contributed by atoms with Crippen molar-refractivity contribution in [3.8, 4) is 0 Å². The Morgan fingerprint density at radius 2 is 2.05 bits per heavy atom. The third-order valence-electron chi connectivity index (χ3n) is 4.93. The molecule has 1 aromatic carbocycles. The van der Waals surface area contributed by atoms with Crippen molar-refractivity contribution < 1.29 is 19.7 Å². The van der Waals surface area contributed by atoms with Gasteiger partial charge in [-0.2, -0.15) is 0 Å². The van der Waals surface area contributed by atoms with Gasteiger partial charge in [0, 0.05) is 18.9 Å². The summed E-state index contributed by atoms with van der Waals surface area (Å²) in [7, 11) is 0. The van der Waals surface area contributed by atoms with Crippen molar-refractivity contribution in [2.75, 3.05) is 13.2 Å². The molecule has 4 atom stereocenters. The van der Waals surface area contributed by atoms with Crippen LogP contribution < -0.4 is 0 Å². The zero-order valence-electron chi connectivity index (χ0n) is 12.5. The van der Waals surface area contributed by atoms with E-state index >= 15 is 0 Å². The highest BCUT2D eigenvalue weighted by atomic mass is 16.5. The van der Waals surface area contributed by atoms with Gasteiger partial charge in [-0.3, -0.25) is 0 Å². The molecule has 2 N–H and O–H groups in total. The number of hydrogen-bond acceptors (Lipinski definition) is 4. The molecule has 0 aliphatic heterocycles. The number of benzene rings is 1. The number of carbonyl (C=O) groups excluding carboxylic acids is 1. The number of rotatable bonds is 5. The van der Waals surface area contributed by atoms with Crippen LogP contribution in [0, 0.1) is 17.8 Å². The first-order chi connectivity index (χ1) is 10.7. The minimum absolute atomic E-state index is 0.00869. The molecule has 2 aliphatic rings. The first kappa shape index (κ1) is 15.3. The van der Waals surface area contributed by atoms with Gasteiger partial charge >= 0.3 is 5.97 Å². The third kappa shape index (κ3) is 3.08. The summed E-state index contributed by atoms with van der Waals surface area (Å²) in [5.41, 5.74) is 1.85. The first-order valence-electron chi connectivity index (χ1n) is 7.89. The number of esters is 1. The van der Waals surface area contributed by atoms with Crippen LogP contribution in [-0.4, -0.2) is 35.5 Å². The molecule has 4 nitrogen and oxygen atoms in total. The summed E-state index contributed by atoms with van der Waals surface area (Å²) in [5, 5.41) is 19.3. The van der Waals surface area contributed by atoms with E-state index in [1.165, 1.54) is 5.57 Å². The maximum absolute atomic E-state index is 11.8. The molecule has 1 aromatic rings. The minimum atomic E-state index is -0.381. The summed E-state index contributed by atoms with van der Waals surface area (Å²) in [6, 6.07) is 8.99. The lowest BCUT2D eigenvalue weighted by atomic mass is 9.90. The molecule has 1 fully saturated rings. The highest BCUT2D eigenvalue weighted by molar-refractivity contribution is 5.89. The summed E-state index contributed by atoms with van der Waals surface area (Å²) in [4.78, 5) is 11.8. The normalized spacial score (nSPS) is 30.0. The van der Waals surface area contributed by atoms with Crippen molar-refractivity contribution in [3.05, 3.63) is 47.5 Å². The second-order valence-corrected chi connectivity index (χ2v) is 6.26. The Labute approximate surface area is 130 Å². The predicted octanol–water partition coefficient (Wildman–Crippen LogP) is 2.17. The number of hydrogen-bond donors (Lipinski definition) is 2. The molecular formula is C18H22O4. The van der Waals surface area contributed by atoms with E-state index in [2.05, 4.69) is 6.08 Å². The van der Waals surface area contributed by atoms with Crippen molar-refractivity contribution in [1.29, 1.82) is 0 Å². The van der Waals surface area contributed by atoms with E-state index in [0.29, 0.717) is 24.0 Å². The molecule has 0 spiro atoms.